The monoisotopic (exact) mass is 266 g/mol. The van der Waals surface area contributed by atoms with Gasteiger partial charge in [0.25, 0.3) is 5.91 Å². The van der Waals surface area contributed by atoms with Crippen LogP contribution >= 0.6 is 0 Å². The highest BCUT2D eigenvalue weighted by atomic mass is 16.1. The molecule has 0 spiro atoms. The maximum absolute atomic E-state index is 12.1. The van der Waals surface area contributed by atoms with Crippen molar-refractivity contribution in [3.8, 4) is 0 Å². The molecular weight excluding hydrogens is 252 g/mol. The molecule has 2 heterocycles. The van der Waals surface area contributed by atoms with E-state index in [9.17, 15) is 4.79 Å². The number of hydrogen-bond donors (Lipinski definition) is 2. The number of aromatic nitrogens is 3. The lowest BCUT2D eigenvalue weighted by atomic mass is 10.2. The summed E-state index contributed by atoms with van der Waals surface area (Å²) >= 11 is 0. The minimum absolute atomic E-state index is 0.108. The van der Waals surface area contributed by atoms with Crippen LogP contribution in [0.15, 0.2) is 42.7 Å². The summed E-state index contributed by atoms with van der Waals surface area (Å²) in [6.07, 6.45) is 3.45. The van der Waals surface area contributed by atoms with Gasteiger partial charge in [-0.15, -0.1) is 0 Å². The molecule has 0 radical (unpaired) electrons. The quantitative estimate of drug-likeness (QED) is 0.763. The lowest BCUT2D eigenvalue weighted by Crippen LogP contribution is -2.22. The maximum Gasteiger partial charge on any atom is 0.251 e. The summed E-state index contributed by atoms with van der Waals surface area (Å²) in [5.41, 5.74) is 3.33. The van der Waals surface area contributed by atoms with Gasteiger partial charge in [0.2, 0.25) is 0 Å². The zero-order valence-electron chi connectivity index (χ0n) is 11.1. The Morgan fingerprint density at radius 2 is 2.25 bits per heavy atom. The first-order valence-corrected chi connectivity index (χ1v) is 6.36. The van der Waals surface area contributed by atoms with Crippen LogP contribution in [-0.2, 0) is 6.54 Å². The Morgan fingerprint density at radius 1 is 1.35 bits per heavy atom. The summed E-state index contributed by atoms with van der Waals surface area (Å²) in [6.45, 7) is 2.36. The third-order valence-electron chi connectivity index (χ3n) is 3.04. The molecule has 2 N–H and O–H groups in total. The number of hydrogen-bond acceptors (Lipinski definition) is 3. The second-order valence-electron chi connectivity index (χ2n) is 4.60. The number of nitrogens with zero attached hydrogens (tertiary/aromatic N) is 2. The Kier molecular flexibility index (Phi) is 3.16. The van der Waals surface area contributed by atoms with Crippen molar-refractivity contribution in [1.29, 1.82) is 0 Å². The fourth-order valence-electron chi connectivity index (χ4n) is 2.07. The third kappa shape index (κ3) is 2.51. The summed E-state index contributed by atoms with van der Waals surface area (Å²) in [5.74, 6) is 0.732. The van der Waals surface area contributed by atoms with E-state index >= 15 is 0 Å². The molecule has 2 aromatic heterocycles. The largest absolute Gasteiger partial charge is 0.348 e. The molecule has 5 nitrogen and oxygen atoms in total. The average molecular weight is 266 g/mol. The summed E-state index contributed by atoms with van der Waals surface area (Å²) in [4.78, 5) is 23.6. The minimum Gasteiger partial charge on any atom is -0.348 e. The van der Waals surface area contributed by atoms with Crippen molar-refractivity contribution >= 4 is 16.9 Å². The molecule has 0 aliphatic heterocycles. The van der Waals surface area contributed by atoms with Gasteiger partial charge in [-0.05, 0) is 36.8 Å². The molecule has 0 fully saturated rings. The predicted octanol–water partition coefficient (Wildman–Crippen LogP) is 2.20. The van der Waals surface area contributed by atoms with Gasteiger partial charge in [-0.25, -0.2) is 4.98 Å². The van der Waals surface area contributed by atoms with Crippen LogP contribution in [-0.4, -0.2) is 20.9 Å². The van der Waals surface area contributed by atoms with E-state index in [4.69, 9.17) is 0 Å². The number of benzene rings is 1. The first kappa shape index (κ1) is 12.3. The van der Waals surface area contributed by atoms with Crippen LogP contribution in [0.25, 0.3) is 11.0 Å². The third-order valence-corrected chi connectivity index (χ3v) is 3.04. The lowest BCUT2D eigenvalue weighted by Gasteiger charge is -2.05. The molecule has 1 amide bonds. The van der Waals surface area contributed by atoms with Gasteiger partial charge in [0.1, 0.15) is 5.82 Å². The predicted molar refractivity (Wildman–Crippen MR) is 76.2 cm³/mol. The summed E-state index contributed by atoms with van der Waals surface area (Å²) in [5, 5.41) is 2.87. The molecule has 0 atom stereocenters. The Bertz CT molecular complexity index is 749. The zero-order valence-corrected chi connectivity index (χ0v) is 11.1. The molecule has 100 valence electrons. The number of amides is 1. The SMILES string of the molecule is Cc1nc2ccc(C(=O)NCc3cccnc3)cc2[nH]1. The molecule has 3 rings (SSSR count). The van der Waals surface area contributed by atoms with Crippen LogP contribution in [0, 0.1) is 6.92 Å². The van der Waals surface area contributed by atoms with E-state index in [1.165, 1.54) is 0 Å². The first-order valence-electron chi connectivity index (χ1n) is 6.36. The smallest absolute Gasteiger partial charge is 0.251 e. The molecule has 0 aliphatic carbocycles. The molecule has 0 saturated heterocycles. The van der Waals surface area contributed by atoms with Gasteiger partial charge in [0, 0.05) is 24.5 Å². The molecule has 20 heavy (non-hydrogen) atoms. The van der Waals surface area contributed by atoms with Crippen LogP contribution in [0.4, 0.5) is 0 Å². The van der Waals surface area contributed by atoms with Crippen molar-refractivity contribution in [2.45, 2.75) is 13.5 Å². The van der Waals surface area contributed by atoms with Crippen molar-refractivity contribution in [3.05, 3.63) is 59.7 Å². The van der Waals surface area contributed by atoms with Gasteiger partial charge in [0.05, 0.1) is 11.0 Å². The molecule has 5 heteroatoms. The summed E-state index contributed by atoms with van der Waals surface area (Å²) < 4.78 is 0. The van der Waals surface area contributed by atoms with Crippen LogP contribution in [0.1, 0.15) is 21.7 Å². The second-order valence-corrected chi connectivity index (χ2v) is 4.60. The number of aryl methyl sites for hydroxylation is 1. The number of rotatable bonds is 3. The van der Waals surface area contributed by atoms with Crippen LogP contribution in [0.5, 0.6) is 0 Å². The number of fused-ring (bicyclic) bond motifs is 1. The Morgan fingerprint density at radius 3 is 3.05 bits per heavy atom. The number of pyridine rings is 1. The molecular formula is C15H14N4O. The lowest BCUT2D eigenvalue weighted by molar-refractivity contribution is 0.0951. The van der Waals surface area contributed by atoms with Gasteiger partial charge in [-0.1, -0.05) is 6.07 Å². The Hall–Kier alpha value is -2.69. The highest BCUT2D eigenvalue weighted by molar-refractivity contribution is 5.97. The van der Waals surface area contributed by atoms with Gasteiger partial charge >= 0.3 is 0 Å². The topological polar surface area (TPSA) is 70.7 Å². The van der Waals surface area contributed by atoms with E-state index in [1.807, 2.05) is 31.2 Å². The van der Waals surface area contributed by atoms with Gasteiger partial charge < -0.3 is 10.3 Å². The van der Waals surface area contributed by atoms with Crippen molar-refractivity contribution in [2.75, 3.05) is 0 Å². The normalized spacial score (nSPS) is 10.7. The fraction of sp³-hybridized carbons (Fsp3) is 0.133. The molecule has 3 aromatic rings. The van der Waals surface area contributed by atoms with Gasteiger partial charge in [-0.2, -0.15) is 0 Å². The van der Waals surface area contributed by atoms with Gasteiger partial charge in [0.15, 0.2) is 0 Å². The van der Waals surface area contributed by atoms with E-state index in [0.717, 1.165) is 22.4 Å². The molecule has 0 saturated carbocycles. The molecule has 0 unspecified atom stereocenters. The number of imidazole rings is 1. The van der Waals surface area contributed by atoms with Crippen molar-refractivity contribution in [2.24, 2.45) is 0 Å². The zero-order chi connectivity index (χ0) is 13.9. The Labute approximate surface area is 116 Å². The number of H-pyrrole nitrogens is 1. The fourth-order valence-corrected chi connectivity index (χ4v) is 2.07. The summed E-state index contributed by atoms with van der Waals surface area (Å²) in [7, 11) is 0. The second kappa shape index (κ2) is 5.13. The van der Waals surface area contributed by atoms with E-state index in [-0.39, 0.29) is 5.91 Å². The van der Waals surface area contributed by atoms with Gasteiger partial charge in [-0.3, -0.25) is 9.78 Å². The van der Waals surface area contributed by atoms with E-state index < -0.39 is 0 Å². The van der Waals surface area contributed by atoms with Crippen molar-refractivity contribution < 1.29 is 4.79 Å². The Balaban J connectivity index is 1.75. The minimum atomic E-state index is -0.108. The number of carbonyl (C=O) groups is 1. The number of nitrogens with one attached hydrogen (secondary N) is 2. The average Bonchev–Trinajstić information content (AvgIpc) is 2.85. The van der Waals surface area contributed by atoms with Crippen LogP contribution < -0.4 is 5.32 Å². The van der Waals surface area contributed by atoms with E-state index in [1.54, 1.807) is 18.5 Å². The van der Waals surface area contributed by atoms with E-state index in [0.29, 0.717) is 12.1 Å². The standard InChI is InChI=1S/C15H14N4O/c1-10-18-13-5-4-12(7-14(13)19-10)15(20)17-9-11-3-2-6-16-8-11/h2-8H,9H2,1H3,(H,17,20)(H,18,19). The van der Waals surface area contributed by atoms with E-state index in [2.05, 4.69) is 20.3 Å². The van der Waals surface area contributed by atoms with Crippen LogP contribution in [0.3, 0.4) is 0 Å². The molecule has 1 aromatic carbocycles. The number of carbonyl (C=O) groups excluding carboxylic acids is 1. The molecule has 0 bridgehead atoms. The van der Waals surface area contributed by atoms with Crippen molar-refractivity contribution in [1.82, 2.24) is 20.3 Å². The first-order chi connectivity index (χ1) is 9.72. The summed E-state index contributed by atoms with van der Waals surface area (Å²) in [6, 6.07) is 9.21. The highest BCUT2D eigenvalue weighted by Gasteiger charge is 2.07. The highest BCUT2D eigenvalue weighted by Crippen LogP contribution is 2.13. The van der Waals surface area contributed by atoms with Crippen LogP contribution in [0.2, 0.25) is 0 Å². The maximum atomic E-state index is 12.1. The van der Waals surface area contributed by atoms with Crippen molar-refractivity contribution in [3.63, 3.8) is 0 Å². The molecule has 0 aliphatic rings. The number of aromatic amines is 1.